The van der Waals surface area contributed by atoms with Gasteiger partial charge in [-0.15, -0.1) is 0 Å². The van der Waals surface area contributed by atoms with Gasteiger partial charge in [0, 0.05) is 19.2 Å². The third-order valence-electron chi connectivity index (χ3n) is 3.58. The van der Waals surface area contributed by atoms with Crippen LogP contribution in [0.3, 0.4) is 0 Å². The molecule has 3 heteroatoms. The van der Waals surface area contributed by atoms with Crippen LogP contribution in [0.2, 0.25) is 0 Å². The summed E-state index contributed by atoms with van der Waals surface area (Å²) in [6.07, 6.45) is 3.44. The SMILES string of the molecule is COCC(C)NC1CCc2ccc(OC)cc2C1. The number of hydrogen-bond donors (Lipinski definition) is 1. The third kappa shape index (κ3) is 3.24. The van der Waals surface area contributed by atoms with Crippen LogP contribution >= 0.6 is 0 Å². The molecule has 0 heterocycles. The Kier molecular flexibility index (Phi) is 4.61. The van der Waals surface area contributed by atoms with Crippen LogP contribution in [0, 0.1) is 0 Å². The topological polar surface area (TPSA) is 30.5 Å². The molecule has 2 rings (SSSR count). The van der Waals surface area contributed by atoms with E-state index in [9.17, 15) is 0 Å². The van der Waals surface area contributed by atoms with Crippen molar-refractivity contribution in [2.75, 3.05) is 20.8 Å². The van der Waals surface area contributed by atoms with Crippen molar-refractivity contribution < 1.29 is 9.47 Å². The van der Waals surface area contributed by atoms with Gasteiger partial charge in [-0.05, 0) is 49.4 Å². The molecule has 1 aromatic carbocycles. The molecule has 2 unspecified atom stereocenters. The first-order valence-corrected chi connectivity index (χ1v) is 6.63. The average molecular weight is 249 g/mol. The number of fused-ring (bicyclic) bond motifs is 1. The molecule has 1 N–H and O–H groups in total. The van der Waals surface area contributed by atoms with Gasteiger partial charge < -0.3 is 14.8 Å². The number of methoxy groups -OCH3 is 2. The zero-order valence-electron chi connectivity index (χ0n) is 11.5. The molecular formula is C15H23NO2. The van der Waals surface area contributed by atoms with Crippen LogP contribution in [-0.2, 0) is 17.6 Å². The van der Waals surface area contributed by atoms with E-state index in [-0.39, 0.29) is 0 Å². The number of benzene rings is 1. The monoisotopic (exact) mass is 249 g/mol. The van der Waals surface area contributed by atoms with Crippen molar-refractivity contribution in [2.45, 2.75) is 38.3 Å². The molecule has 0 fully saturated rings. The summed E-state index contributed by atoms with van der Waals surface area (Å²) in [5.74, 6) is 0.958. The van der Waals surface area contributed by atoms with Gasteiger partial charge in [-0.3, -0.25) is 0 Å². The summed E-state index contributed by atoms with van der Waals surface area (Å²) in [6.45, 7) is 2.94. The summed E-state index contributed by atoms with van der Waals surface area (Å²) in [6, 6.07) is 7.38. The fourth-order valence-corrected chi connectivity index (χ4v) is 2.70. The number of ether oxygens (including phenoxy) is 2. The Morgan fingerprint density at radius 2 is 2.17 bits per heavy atom. The highest BCUT2D eigenvalue weighted by Gasteiger charge is 2.20. The van der Waals surface area contributed by atoms with E-state index in [0.717, 1.165) is 25.2 Å². The van der Waals surface area contributed by atoms with Crippen molar-refractivity contribution in [1.82, 2.24) is 5.32 Å². The minimum atomic E-state index is 0.409. The van der Waals surface area contributed by atoms with Crippen molar-refractivity contribution >= 4 is 0 Å². The van der Waals surface area contributed by atoms with Crippen LogP contribution in [0.5, 0.6) is 5.75 Å². The molecule has 0 saturated heterocycles. The van der Waals surface area contributed by atoms with Gasteiger partial charge in [0.25, 0.3) is 0 Å². The molecule has 1 aliphatic carbocycles. The molecule has 18 heavy (non-hydrogen) atoms. The second-order valence-corrected chi connectivity index (χ2v) is 5.10. The minimum absolute atomic E-state index is 0.409. The molecule has 0 spiro atoms. The molecule has 0 aromatic heterocycles. The summed E-state index contributed by atoms with van der Waals surface area (Å²) >= 11 is 0. The second-order valence-electron chi connectivity index (χ2n) is 5.10. The van der Waals surface area contributed by atoms with E-state index in [2.05, 4.69) is 30.4 Å². The lowest BCUT2D eigenvalue weighted by molar-refractivity contribution is 0.165. The molecule has 0 radical (unpaired) electrons. The van der Waals surface area contributed by atoms with Gasteiger partial charge in [0.05, 0.1) is 13.7 Å². The first kappa shape index (κ1) is 13.4. The molecular weight excluding hydrogens is 226 g/mol. The lowest BCUT2D eigenvalue weighted by Crippen LogP contribution is -2.42. The van der Waals surface area contributed by atoms with Gasteiger partial charge in [-0.25, -0.2) is 0 Å². The van der Waals surface area contributed by atoms with E-state index < -0.39 is 0 Å². The highest BCUT2D eigenvalue weighted by Crippen LogP contribution is 2.25. The maximum Gasteiger partial charge on any atom is 0.119 e. The first-order chi connectivity index (χ1) is 8.72. The highest BCUT2D eigenvalue weighted by molar-refractivity contribution is 5.37. The van der Waals surface area contributed by atoms with E-state index >= 15 is 0 Å². The number of aryl methyl sites for hydroxylation is 1. The smallest absolute Gasteiger partial charge is 0.119 e. The van der Waals surface area contributed by atoms with E-state index in [1.165, 1.54) is 17.5 Å². The molecule has 0 amide bonds. The zero-order valence-corrected chi connectivity index (χ0v) is 11.5. The maximum atomic E-state index is 5.29. The number of rotatable bonds is 5. The molecule has 0 aliphatic heterocycles. The molecule has 1 aromatic rings. The van der Waals surface area contributed by atoms with Crippen LogP contribution in [0.1, 0.15) is 24.5 Å². The predicted molar refractivity (Wildman–Crippen MR) is 73.3 cm³/mol. The largest absolute Gasteiger partial charge is 0.497 e. The predicted octanol–water partition coefficient (Wildman–Crippen LogP) is 2.18. The molecule has 3 nitrogen and oxygen atoms in total. The summed E-state index contributed by atoms with van der Waals surface area (Å²) in [7, 11) is 3.47. The Bertz CT molecular complexity index is 392. The molecule has 1 aliphatic rings. The Balaban J connectivity index is 2.00. The Morgan fingerprint density at radius 1 is 1.33 bits per heavy atom. The number of nitrogens with one attached hydrogen (secondary N) is 1. The molecule has 2 atom stereocenters. The van der Waals surface area contributed by atoms with Crippen LogP contribution in [-0.4, -0.2) is 32.9 Å². The quantitative estimate of drug-likeness (QED) is 0.867. The molecule has 0 saturated carbocycles. The number of hydrogen-bond acceptors (Lipinski definition) is 3. The van der Waals surface area contributed by atoms with E-state index in [1.54, 1.807) is 14.2 Å². The summed E-state index contributed by atoms with van der Waals surface area (Å²) in [5.41, 5.74) is 2.89. The van der Waals surface area contributed by atoms with Crippen LogP contribution in [0.25, 0.3) is 0 Å². The second kappa shape index (κ2) is 6.21. The van der Waals surface area contributed by atoms with Gasteiger partial charge in [-0.1, -0.05) is 6.07 Å². The van der Waals surface area contributed by atoms with Crippen molar-refractivity contribution in [3.8, 4) is 5.75 Å². The average Bonchev–Trinajstić information content (AvgIpc) is 2.38. The lowest BCUT2D eigenvalue weighted by Gasteiger charge is -2.28. The van der Waals surface area contributed by atoms with Gasteiger partial charge in [0.1, 0.15) is 5.75 Å². The molecule has 100 valence electrons. The van der Waals surface area contributed by atoms with Crippen LogP contribution < -0.4 is 10.1 Å². The summed E-state index contributed by atoms with van der Waals surface area (Å²) < 4.78 is 10.5. The Morgan fingerprint density at radius 3 is 2.89 bits per heavy atom. The van der Waals surface area contributed by atoms with Crippen molar-refractivity contribution in [2.24, 2.45) is 0 Å². The standard InChI is InChI=1S/C15H23NO2/c1-11(10-17-2)16-14-6-4-12-5-7-15(18-3)9-13(12)8-14/h5,7,9,11,14,16H,4,6,8,10H2,1-3H3. The first-order valence-electron chi connectivity index (χ1n) is 6.63. The van der Waals surface area contributed by atoms with Crippen molar-refractivity contribution in [1.29, 1.82) is 0 Å². The van der Waals surface area contributed by atoms with Gasteiger partial charge in [0.15, 0.2) is 0 Å². The van der Waals surface area contributed by atoms with Crippen LogP contribution in [0.4, 0.5) is 0 Å². The Labute approximate surface area is 109 Å². The summed E-state index contributed by atoms with van der Waals surface area (Å²) in [5, 5.41) is 3.63. The van der Waals surface area contributed by atoms with E-state index in [4.69, 9.17) is 9.47 Å². The maximum absolute atomic E-state index is 5.29. The van der Waals surface area contributed by atoms with E-state index in [1.807, 2.05) is 0 Å². The Hall–Kier alpha value is -1.06. The molecule has 0 bridgehead atoms. The third-order valence-corrected chi connectivity index (χ3v) is 3.58. The highest BCUT2D eigenvalue weighted by atomic mass is 16.5. The van der Waals surface area contributed by atoms with Crippen LogP contribution in [0.15, 0.2) is 18.2 Å². The van der Waals surface area contributed by atoms with E-state index in [0.29, 0.717) is 12.1 Å². The van der Waals surface area contributed by atoms with Gasteiger partial charge in [-0.2, -0.15) is 0 Å². The minimum Gasteiger partial charge on any atom is -0.497 e. The lowest BCUT2D eigenvalue weighted by atomic mass is 9.88. The van der Waals surface area contributed by atoms with Crippen molar-refractivity contribution in [3.63, 3.8) is 0 Å². The normalized spacial score (nSPS) is 20.3. The zero-order chi connectivity index (χ0) is 13.0. The van der Waals surface area contributed by atoms with Gasteiger partial charge >= 0.3 is 0 Å². The summed E-state index contributed by atoms with van der Waals surface area (Å²) in [4.78, 5) is 0. The fourth-order valence-electron chi connectivity index (χ4n) is 2.70. The van der Waals surface area contributed by atoms with Gasteiger partial charge in [0.2, 0.25) is 0 Å². The fraction of sp³-hybridized carbons (Fsp3) is 0.600. The van der Waals surface area contributed by atoms with Crippen molar-refractivity contribution in [3.05, 3.63) is 29.3 Å².